The Kier molecular flexibility index (Phi) is 8.00. The van der Waals surface area contributed by atoms with Gasteiger partial charge in [-0.25, -0.2) is 9.69 Å². The third-order valence-corrected chi connectivity index (χ3v) is 5.92. The van der Waals surface area contributed by atoms with Gasteiger partial charge in [0, 0.05) is 16.9 Å². The molecule has 8 nitrogen and oxygen atoms in total. The summed E-state index contributed by atoms with van der Waals surface area (Å²) in [4.78, 5) is 51.3. The first-order valence-corrected chi connectivity index (χ1v) is 12.1. The lowest BCUT2D eigenvalue weighted by molar-refractivity contribution is -0.120. The molecule has 0 fully saturated rings. The Bertz CT molecular complexity index is 1350. The lowest BCUT2D eigenvalue weighted by Gasteiger charge is -2.15. The molecular weight excluding hydrogens is 494 g/mol. The highest BCUT2D eigenvalue weighted by Crippen LogP contribution is 2.30. The van der Waals surface area contributed by atoms with E-state index < -0.39 is 17.8 Å². The second-order valence-electron chi connectivity index (χ2n) is 8.19. The fourth-order valence-electron chi connectivity index (χ4n) is 3.56. The van der Waals surface area contributed by atoms with E-state index in [0.717, 1.165) is 17.7 Å². The summed E-state index contributed by atoms with van der Waals surface area (Å²) in [6.45, 7) is 2.32. The molecule has 2 N–H and O–H groups in total. The van der Waals surface area contributed by atoms with Crippen LogP contribution in [0.5, 0.6) is 0 Å². The van der Waals surface area contributed by atoms with Crippen molar-refractivity contribution in [3.63, 3.8) is 0 Å². The summed E-state index contributed by atoms with van der Waals surface area (Å²) in [5, 5.41) is 5.40. The number of halogens is 1. The normalized spacial score (nSPS) is 13.1. The van der Waals surface area contributed by atoms with Crippen LogP contribution in [0.3, 0.4) is 0 Å². The van der Waals surface area contributed by atoms with E-state index in [2.05, 4.69) is 10.6 Å². The van der Waals surface area contributed by atoms with Gasteiger partial charge in [0.2, 0.25) is 0 Å². The number of nitrogens with one attached hydrogen (secondary N) is 2. The Morgan fingerprint density at radius 2 is 1.49 bits per heavy atom. The van der Waals surface area contributed by atoms with E-state index in [1.165, 1.54) is 24.3 Å². The number of carbonyl (C=O) groups excluding carboxylic acids is 4. The van der Waals surface area contributed by atoms with Crippen LogP contribution in [-0.2, 0) is 14.3 Å². The van der Waals surface area contributed by atoms with Crippen molar-refractivity contribution in [2.24, 2.45) is 0 Å². The molecule has 0 radical (unpaired) electrons. The molecule has 0 bridgehead atoms. The number of esters is 1. The molecule has 3 aromatic rings. The number of rotatable bonds is 9. The Labute approximate surface area is 218 Å². The van der Waals surface area contributed by atoms with Crippen LogP contribution in [0.15, 0.2) is 89.6 Å². The third-order valence-electron chi connectivity index (χ3n) is 5.57. The summed E-state index contributed by atoms with van der Waals surface area (Å²) >= 11 is 6.21. The minimum absolute atomic E-state index is 0.0868. The number of ether oxygens (including phenoxy) is 1. The Morgan fingerprint density at radius 1 is 0.838 bits per heavy atom. The highest BCUT2D eigenvalue weighted by molar-refractivity contribution is 6.53. The molecule has 0 unspecified atom stereocenters. The van der Waals surface area contributed by atoms with Gasteiger partial charge in [0.1, 0.15) is 10.7 Å². The molecule has 9 heteroatoms. The van der Waals surface area contributed by atoms with Gasteiger partial charge in [0.15, 0.2) is 0 Å². The van der Waals surface area contributed by atoms with Crippen LogP contribution in [0.2, 0.25) is 0 Å². The zero-order chi connectivity index (χ0) is 26.4. The van der Waals surface area contributed by atoms with Crippen LogP contribution in [-0.4, -0.2) is 30.3 Å². The number of anilines is 3. The zero-order valence-electron chi connectivity index (χ0n) is 20.0. The smallest absolute Gasteiger partial charge is 0.338 e. The predicted octanol–water partition coefficient (Wildman–Crippen LogP) is 5.33. The average Bonchev–Trinajstić information content (AvgIpc) is 3.12. The molecule has 0 atom stereocenters. The van der Waals surface area contributed by atoms with Gasteiger partial charge < -0.3 is 15.4 Å². The second kappa shape index (κ2) is 11.5. The van der Waals surface area contributed by atoms with Crippen molar-refractivity contribution in [3.8, 4) is 0 Å². The maximum absolute atomic E-state index is 13.0. The molecule has 37 heavy (non-hydrogen) atoms. The lowest BCUT2D eigenvalue weighted by atomic mass is 10.2. The summed E-state index contributed by atoms with van der Waals surface area (Å²) in [5.41, 5.74) is 2.05. The van der Waals surface area contributed by atoms with Crippen molar-refractivity contribution < 1.29 is 23.9 Å². The van der Waals surface area contributed by atoms with Gasteiger partial charge in [-0.2, -0.15) is 0 Å². The minimum Gasteiger partial charge on any atom is -0.462 e. The lowest BCUT2D eigenvalue weighted by Crippen LogP contribution is -2.32. The number of imide groups is 1. The van der Waals surface area contributed by atoms with Crippen molar-refractivity contribution in [2.75, 3.05) is 22.1 Å². The fraction of sp³-hybridized carbons (Fsp3) is 0.143. The van der Waals surface area contributed by atoms with Gasteiger partial charge in [-0.05, 0) is 67.1 Å². The standard InChI is InChI=1S/C28H24ClN3O5/c1-2-3-17-37-28(36)19-11-15-22(16-12-19)32-26(34)23(29)24(27(32)35)30-21-13-9-18(10-14-21)25(33)31-20-7-5-4-6-8-20/h4-16,30H,2-3,17H2,1H3,(H,31,33). The fourth-order valence-corrected chi connectivity index (χ4v) is 3.77. The molecule has 0 saturated carbocycles. The van der Waals surface area contributed by atoms with Crippen LogP contribution in [0, 0.1) is 0 Å². The highest BCUT2D eigenvalue weighted by atomic mass is 35.5. The Hall–Kier alpha value is -4.43. The summed E-state index contributed by atoms with van der Waals surface area (Å²) in [6, 6.07) is 21.4. The summed E-state index contributed by atoms with van der Waals surface area (Å²) in [7, 11) is 0. The Balaban J connectivity index is 1.42. The average molecular weight is 518 g/mol. The molecule has 1 aliphatic heterocycles. The number of benzene rings is 3. The van der Waals surface area contributed by atoms with Crippen LogP contribution >= 0.6 is 11.6 Å². The van der Waals surface area contributed by atoms with Gasteiger partial charge in [-0.1, -0.05) is 43.1 Å². The maximum Gasteiger partial charge on any atom is 0.338 e. The van der Waals surface area contributed by atoms with Crippen LogP contribution in [0.1, 0.15) is 40.5 Å². The molecule has 0 spiro atoms. The van der Waals surface area contributed by atoms with E-state index >= 15 is 0 Å². The van der Waals surface area contributed by atoms with Gasteiger partial charge >= 0.3 is 5.97 Å². The SMILES string of the molecule is CCCCOC(=O)c1ccc(N2C(=O)C(Cl)=C(Nc3ccc(C(=O)Nc4ccccc4)cc3)C2=O)cc1. The molecule has 0 aliphatic carbocycles. The quantitative estimate of drug-likeness (QED) is 0.226. The van der Waals surface area contributed by atoms with E-state index in [1.807, 2.05) is 25.1 Å². The molecule has 0 saturated heterocycles. The second-order valence-corrected chi connectivity index (χ2v) is 8.57. The third kappa shape index (κ3) is 5.87. The minimum atomic E-state index is -0.689. The largest absolute Gasteiger partial charge is 0.462 e. The number of amides is 3. The molecular formula is C28H24ClN3O5. The molecule has 1 aliphatic rings. The summed E-state index contributed by atoms with van der Waals surface area (Å²) in [6.07, 6.45) is 1.67. The van der Waals surface area contributed by atoms with Crippen molar-refractivity contribution in [2.45, 2.75) is 19.8 Å². The first-order chi connectivity index (χ1) is 17.9. The molecule has 0 aromatic heterocycles. The van der Waals surface area contributed by atoms with Crippen LogP contribution < -0.4 is 15.5 Å². The number of nitrogens with zero attached hydrogens (tertiary/aromatic N) is 1. The van der Waals surface area contributed by atoms with E-state index in [9.17, 15) is 19.2 Å². The van der Waals surface area contributed by atoms with Gasteiger partial charge in [-0.3, -0.25) is 14.4 Å². The number of hydrogen-bond acceptors (Lipinski definition) is 6. The van der Waals surface area contributed by atoms with Crippen molar-refractivity contribution in [1.29, 1.82) is 0 Å². The van der Waals surface area contributed by atoms with Crippen molar-refractivity contribution in [1.82, 2.24) is 0 Å². The molecule has 4 rings (SSSR count). The number of hydrogen-bond donors (Lipinski definition) is 2. The van der Waals surface area contributed by atoms with Gasteiger partial charge in [0.05, 0.1) is 17.9 Å². The highest BCUT2D eigenvalue weighted by Gasteiger charge is 2.39. The molecule has 1 heterocycles. The zero-order valence-corrected chi connectivity index (χ0v) is 20.7. The van der Waals surface area contributed by atoms with Crippen LogP contribution in [0.25, 0.3) is 0 Å². The summed E-state index contributed by atoms with van der Waals surface area (Å²) < 4.78 is 5.18. The topological polar surface area (TPSA) is 105 Å². The predicted molar refractivity (Wildman–Crippen MR) is 141 cm³/mol. The Morgan fingerprint density at radius 3 is 2.14 bits per heavy atom. The first-order valence-electron chi connectivity index (χ1n) is 11.7. The van der Waals surface area contributed by atoms with Gasteiger partial charge in [-0.15, -0.1) is 0 Å². The van der Waals surface area contributed by atoms with E-state index in [0.29, 0.717) is 29.1 Å². The number of unbranched alkanes of at least 4 members (excludes halogenated alkanes) is 1. The molecule has 3 aromatic carbocycles. The van der Waals surface area contributed by atoms with E-state index in [1.54, 1.807) is 36.4 Å². The monoisotopic (exact) mass is 517 g/mol. The van der Waals surface area contributed by atoms with E-state index in [-0.39, 0.29) is 22.3 Å². The van der Waals surface area contributed by atoms with Crippen molar-refractivity contribution >= 4 is 52.4 Å². The maximum atomic E-state index is 13.0. The first kappa shape index (κ1) is 25.7. The van der Waals surface area contributed by atoms with Crippen LogP contribution in [0.4, 0.5) is 17.1 Å². The number of para-hydroxylation sites is 1. The molecule has 188 valence electrons. The van der Waals surface area contributed by atoms with Crippen molar-refractivity contribution in [3.05, 3.63) is 101 Å². The number of carbonyl (C=O) groups is 4. The van der Waals surface area contributed by atoms with Gasteiger partial charge in [0.25, 0.3) is 17.7 Å². The summed E-state index contributed by atoms with van der Waals surface area (Å²) in [5.74, 6) is -2.09. The molecule has 3 amide bonds. The van der Waals surface area contributed by atoms with E-state index in [4.69, 9.17) is 16.3 Å².